The summed E-state index contributed by atoms with van der Waals surface area (Å²) in [4.78, 5) is 0. The number of benzene rings is 2. The van der Waals surface area contributed by atoms with Crippen LogP contribution in [0.25, 0.3) is 0 Å². The minimum absolute atomic E-state index is 0.0527. The fraction of sp³-hybridized carbons (Fsp3) is 0.368. The van der Waals surface area contributed by atoms with Gasteiger partial charge in [-0.15, -0.1) is 0 Å². The molecule has 2 aliphatic rings. The fourth-order valence-electron chi connectivity index (χ4n) is 3.36. The third-order valence-electron chi connectivity index (χ3n) is 4.97. The maximum absolute atomic E-state index is 6.43. The lowest BCUT2D eigenvalue weighted by Gasteiger charge is -2.26. The van der Waals surface area contributed by atoms with E-state index < -0.39 is 0 Å². The lowest BCUT2D eigenvalue weighted by Crippen LogP contribution is -2.30. The number of fused-ring (bicyclic) bond motifs is 1. The predicted octanol–water partition coefficient (Wildman–Crippen LogP) is 3.96. The average Bonchev–Trinajstić information content (AvgIpc) is 2.89. The highest BCUT2D eigenvalue weighted by Crippen LogP contribution is 2.37. The molecule has 1 aliphatic heterocycles. The van der Waals surface area contributed by atoms with E-state index >= 15 is 0 Å². The smallest absolute Gasteiger partial charge is 0.123 e. The zero-order chi connectivity index (χ0) is 14.2. The molecule has 1 fully saturated rings. The molecule has 2 aromatic carbocycles. The van der Waals surface area contributed by atoms with E-state index in [1.807, 2.05) is 12.1 Å². The largest absolute Gasteiger partial charge is 0.488 e. The van der Waals surface area contributed by atoms with Crippen molar-refractivity contribution in [2.24, 2.45) is 5.73 Å². The van der Waals surface area contributed by atoms with Gasteiger partial charge in [0, 0.05) is 6.42 Å². The fourth-order valence-corrected chi connectivity index (χ4v) is 3.36. The van der Waals surface area contributed by atoms with Crippen molar-refractivity contribution >= 4 is 0 Å². The lowest BCUT2D eigenvalue weighted by molar-refractivity contribution is 0.200. The van der Waals surface area contributed by atoms with Crippen LogP contribution < -0.4 is 10.5 Å². The highest BCUT2D eigenvalue weighted by molar-refractivity contribution is 5.39. The van der Waals surface area contributed by atoms with Gasteiger partial charge in [-0.25, -0.2) is 0 Å². The van der Waals surface area contributed by atoms with Gasteiger partial charge in [-0.2, -0.15) is 0 Å². The van der Waals surface area contributed by atoms with Crippen molar-refractivity contribution in [2.75, 3.05) is 0 Å². The molecular formula is C19H21NO. The van der Waals surface area contributed by atoms with Gasteiger partial charge < -0.3 is 10.5 Å². The molecule has 108 valence electrons. The van der Waals surface area contributed by atoms with Crippen LogP contribution in [-0.2, 0) is 6.42 Å². The molecule has 2 aromatic rings. The van der Waals surface area contributed by atoms with Gasteiger partial charge >= 0.3 is 0 Å². The van der Waals surface area contributed by atoms with Crippen molar-refractivity contribution in [1.29, 1.82) is 0 Å². The average molecular weight is 279 g/mol. The molecule has 2 unspecified atom stereocenters. The minimum atomic E-state index is -0.0622. The summed E-state index contributed by atoms with van der Waals surface area (Å²) in [6, 6.07) is 17.0. The van der Waals surface area contributed by atoms with Gasteiger partial charge in [0.25, 0.3) is 0 Å². The third kappa shape index (κ3) is 2.34. The van der Waals surface area contributed by atoms with Gasteiger partial charge in [-0.3, -0.25) is 0 Å². The van der Waals surface area contributed by atoms with Crippen LogP contribution in [0.2, 0.25) is 0 Å². The van der Waals surface area contributed by atoms with Crippen LogP contribution in [-0.4, -0.2) is 6.10 Å². The van der Waals surface area contributed by atoms with Gasteiger partial charge in [0.1, 0.15) is 11.9 Å². The Morgan fingerprint density at radius 3 is 2.43 bits per heavy atom. The highest BCUT2D eigenvalue weighted by atomic mass is 16.5. The summed E-state index contributed by atoms with van der Waals surface area (Å²) in [5.74, 6) is 1.77. The standard InChI is InChI=1S/C19H21NO/c20-19(18-12-16-4-1-2-7-17(16)21-18)15-10-8-14(9-11-15)13-5-3-6-13/h1-2,4,7-11,13,18-19H,3,5-6,12,20H2. The maximum atomic E-state index is 6.43. The molecule has 0 amide bonds. The van der Waals surface area contributed by atoms with E-state index in [1.54, 1.807) is 0 Å². The number of rotatable bonds is 3. The predicted molar refractivity (Wildman–Crippen MR) is 84.5 cm³/mol. The topological polar surface area (TPSA) is 35.2 Å². The number of hydrogen-bond donors (Lipinski definition) is 1. The molecule has 2 atom stereocenters. The van der Waals surface area contributed by atoms with Gasteiger partial charge in [-0.05, 0) is 41.5 Å². The van der Waals surface area contributed by atoms with Crippen molar-refractivity contribution in [3.8, 4) is 5.75 Å². The number of hydrogen-bond acceptors (Lipinski definition) is 2. The first-order chi connectivity index (χ1) is 10.3. The zero-order valence-corrected chi connectivity index (χ0v) is 12.2. The Labute approximate surface area is 125 Å². The summed E-state index contributed by atoms with van der Waals surface area (Å²) in [7, 11) is 0. The second kappa shape index (κ2) is 5.19. The van der Waals surface area contributed by atoms with Crippen molar-refractivity contribution in [3.05, 3.63) is 65.2 Å². The molecule has 1 aliphatic carbocycles. The van der Waals surface area contributed by atoms with E-state index in [0.717, 1.165) is 18.1 Å². The van der Waals surface area contributed by atoms with E-state index in [9.17, 15) is 0 Å². The summed E-state index contributed by atoms with van der Waals surface area (Å²) >= 11 is 0. The monoisotopic (exact) mass is 279 g/mol. The number of ether oxygens (including phenoxy) is 1. The molecule has 0 aromatic heterocycles. The normalized spacial score (nSPS) is 22.2. The van der Waals surface area contributed by atoms with Crippen molar-refractivity contribution in [3.63, 3.8) is 0 Å². The molecule has 0 spiro atoms. The maximum Gasteiger partial charge on any atom is 0.123 e. The van der Waals surface area contributed by atoms with E-state index in [1.165, 1.54) is 36.0 Å². The summed E-state index contributed by atoms with van der Waals surface area (Å²) in [5.41, 5.74) is 10.3. The van der Waals surface area contributed by atoms with Gasteiger partial charge in [-0.1, -0.05) is 48.9 Å². The Balaban J connectivity index is 1.49. The Bertz CT molecular complexity index is 605. The zero-order valence-electron chi connectivity index (χ0n) is 12.2. The van der Waals surface area contributed by atoms with Crippen molar-refractivity contribution in [1.82, 2.24) is 0 Å². The second-order valence-corrected chi connectivity index (χ2v) is 6.29. The van der Waals surface area contributed by atoms with Crippen LogP contribution in [0.3, 0.4) is 0 Å². The first-order valence-electron chi connectivity index (χ1n) is 7.91. The van der Waals surface area contributed by atoms with E-state index in [2.05, 4.69) is 36.4 Å². The van der Waals surface area contributed by atoms with Crippen molar-refractivity contribution in [2.45, 2.75) is 43.7 Å². The molecule has 21 heavy (non-hydrogen) atoms. The molecule has 1 saturated carbocycles. The summed E-state index contributed by atoms with van der Waals surface area (Å²) in [6.07, 6.45) is 5.01. The molecule has 2 N–H and O–H groups in total. The van der Waals surface area contributed by atoms with Gasteiger partial charge in [0.05, 0.1) is 6.04 Å². The lowest BCUT2D eigenvalue weighted by atomic mass is 9.79. The Morgan fingerprint density at radius 2 is 1.76 bits per heavy atom. The number of nitrogens with two attached hydrogens (primary N) is 1. The first kappa shape index (κ1) is 12.9. The van der Waals surface area contributed by atoms with Crippen LogP contribution in [0.15, 0.2) is 48.5 Å². The molecule has 2 nitrogen and oxygen atoms in total. The molecule has 4 rings (SSSR count). The summed E-state index contributed by atoms with van der Waals surface area (Å²) < 4.78 is 6.01. The van der Waals surface area contributed by atoms with E-state index in [4.69, 9.17) is 10.5 Å². The van der Waals surface area contributed by atoms with E-state index in [0.29, 0.717) is 0 Å². The third-order valence-corrected chi connectivity index (χ3v) is 4.97. The Morgan fingerprint density at radius 1 is 1.00 bits per heavy atom. The molecule has 0 bridgehead atoms. The highest BCUT2D eigenvalue weighted by Gasteiger charge is 2.29. The quantitative estimate of drug-likeness (QED) is 0.923. The summed E-state index contributed by atoms with van der Waals surface area (Å²) in [6.45, 7) is 0. The minimum Gasteiger partial charge on any atom is -0.488 e. The molecular weight excluding hydrogens is 258 g/mol. The van der Waals surface area contributed by atoms with Crippen LogP contribution in [0.4, 0.5) is 0 Å². The Kier molecular flexibility index (Phi) is 3.19. The van der Waals surface area contributed by atoms with Crippen LogP contribution in [0, 0.1) is 0 Å². The molecule has 0 saturated heterocycles. The SMILES string of the molecule is NC(c1ccc(C2CCC2)cc1)C1Cc2ccccc2O1. The van der Waals surface area contributed by atoms with Crippen LogP contribution in [0.5, 0.6) is 5.75 Å². The number of para-hydroxylation sites is 1. The summed E-state index contributed by atoms with van der Waals surface area (Å²) in [5, 5.41) is 0. The first-order valence-corrected chi connectivity index (χ1v) is 7.91. The van der Waals surface area contributed by atoms with Gasteiger partial charge in [0.2, 0.25) is 0 Å². The second-order valence-electron chi connectivity index (χ2n) is 6.29. The van der Waals surface area contributed by atoms with Crippen LogP contribution in [0.1, 0.15) is 47.9 Å². The van der Waals surface area contributed by atoms with Crippen molar-refractivity contribution < 1.29 is 4.74 Å². The van der Waals surface area contributed by atoms with Gasteiger partial charge in [0.15, 0.2) is 0 Å². The van der Waals surface area contributed by atoms with Crippen LogP contribution >= 0.6 is 0 Å². The Hall–Kier alpha value is -1.80. The molecule has 0 radical (unpaired) electrons. The molecule has 1 heterocycles. The van der Waals surface area contributed by atoms with E-state index in [-0.39, 0.29) is 12.1 Å². The molecule has 2 heteroatoms.